The van der Waals surface area contributed by atoms with Gasteiger partial charge in [0.2, 0.25) is 5.95 Å². The fourth-order valence-corrected chi connectivity index (χ4v) is 2.60. The summed E-state index contributed by atoms with van der Waals surface area (Å²) in [5, 5.41) is 15.1. The number of methoxy groups -OCH3 is 1. The lowest BCUT2D eigenvalue weighted by molar-refractivity contribution is 0.414. The quantitative estimate of drug-likeness (QED) is 0.649. The zero-order valence-electron chi connectivity index (χ0n) is 14.7. The molecule has 0 aliphatic carbocycles. The first-order chi connectivity index (χ1) is 12.7. The van der Waals surface area contributed by atoms with Crippen molar-refractivity contribution in [3.8, 4) is 5.75 Å². The van der Waals surface area contributed by atoms with Crippen LogP contribution in [0.15, 0.2) is 48.7 Å². The summed E-state index contributed by atoms with van der Waals surface area (Å²) in [5.41, 5.74) is 3.05. The van der Waals surface area contributed by atoms with E-state index in [-0.39, 0.29) is 0 Å². The minimum Gasteiger partial charge on any atom is -0.497 e. The predicted octanol–water partition coefficient (Wildman–Crippen LogP) is 4.24. The monoisotopic (exact) mass is 369 g/mol. The highest BCUT2D eigenvalue weighted by molar-refractivity contribution is 6.31. The highest BCUT2D eigenvalue weighted by atomic mass is 35.5. The average molecular weight is 370 g/mol. The number of ether oxygens (including phenoxy) is 1. The summed E-state index contributed by atoms with van der Waals surface area (Å²) in [6, 6.07) is 13.7. The second kappa shape index (κ2) is 8.49. The first kappa shape index (κ1) is 17.9. The van der Waals surface area contributed by atoms with Gasteiger partial charge < -0.3 is 15.4 Å². The molecule has 2 N–H and O–H groups in total. The zero-order chi connectivity index (χ0) is 18.4. The van der Waals surface area contributed by atoms with E-state index in [1.54, 1.807) is 13.3 Å². The molecule has 0 unspecified atom stereocenters. The molecule has 0 fully saturated rings. The molecule has 0 saturated carbocycles. The molecule has 1 aromatic heterocycles. The molecule has 0 amide bonds. The summed E-state index contributed by atoms with van der Waals surface area (Å²) in [6.45, 7) is 2.65. The van der Waals surface area contributed by atoms with Crippen LogP contribution < -0.4 is 15.4 Å². The number of hydrogen-bond donors (Lipinski definition) is 2. The van der Waals surface area contributed by atoms with Crippen LogP contribution in [0, 0.1) is 6.92 Å². The van der Waals surface area contributed by atoms with Crippen LogP contribution in [0.1, 0.15) is 11.1 Å². The Labute approximate surface area is 157 Å². The number of halogens is 1. The Morgan fingerprint density at radius 2 is 1.92 bits per heavy atom. The topological polar surface area (TPSA) is 72.0 Å². The van der Waals surface area contributed by atoms with Gasteiger partial charge in [-0.2, -0.15) is 10.1 Å². The number of rotatable bonds is 7. The molecule has 0 atom stereocenters. The summed E-state index contributed by atoms with van der Waals surface area (Å²) >= 11 is 6.15. The lowest BCUT2D eigenvalue weighted by Gasteiger charge is -2.10. The molecule has 0 spiro atoms. The van der Waals surface area contributed by atoms with E-state index in [9.17, 15) is 0 Å². The highest BCUT2D eigenvalue weighted by Crippen LogP contribution is 2.25. The van der Waals surface area contributed by atoms with Gasteiger partial charge in [-0.3, -0.25) is 0 Å². The van der Waals surface area contributed by atoms with Crippen LogP contribution in [0.5, 0.6) is 5.75 Å². The summed E-state index contributed by atoms with van der Waals surface area (Å²) in [4.78, 5) is 4.44. The molecule has 134 valence electrons. The van der Waals surface area contributed by atoms with Crippen molar-refractivity contribution in [1.29, 1.82) is 0 Å². The lowest BCUT2D eigenvalue weighted by atomic mass is 10.1. The Morgan fingerprint density at radius 3 is 2.69 bits per heavy atom. The fraction of sp³-hybridized carbons (Fsp3) is 0.211. The van der Waals surface area contributed by atoms with Crippen LogP contribution in [-0.2, 0) is 6.42 Å². The van der Waals surface area contributed by atoms with Crippen LogP contribution in [0.2, 0.25) is 5.02 Å². The molecule has 0 bridgehead atoms. The van der Waals surface area contributed by atoms with Crippen molar-refractivity contribution in [3.05, 3.63) is 64.8 Å². The van der Waals surface area contributed by atoms with E-state index in [1.165, 1.54) is 5.56 Å². The van der Waals surface area contributed by atoms with E-state index in [0.29, 0.717) is 23.3 Å². The molecule has 0 aliphatic heterocycles. The Balaban J connectivity index is 1.59. The number of benzene rings is 2. The molecular formula is C19H20ClN5O. The molecule has 0 aliphatic rings. The number of aromatic nitrogens is 3. The van der Waals surface area contributed by atoms with Crippen LogP contribution >= 0.6 is 11.6 Å². The van der Waals surface area contributed by atoms with Gasteiger partial charge >= 0.3 is 0 Å². The molecule has 0 radical (unpaired) electrons. The summed E-state index contributed by atoms with van der Waals surface area (Å²) in [6.07, 6.45) is 2.42. The molecule has 7 heteroatoms. The Bertz CT molecular complexity index is 870. The summed E-state index contributed by atoms with van der Waals surface area (Å²) < 4.78 is 5.16. The van der Waals surface area contributed by atoms with Crippen molar-refractivity contribution >= 4 is 29.1 Å². The fourth-order valence-electron chi connectivity index (χ4n) is 2.43. The number of nitrogens with zero attached hydrogens (tertiary/aromatic N) is 3. The maximum Gasteiger partial charge on any atom is 0.244 e. The van der Waals surface area contributed by atoms with Crippen molar-refractivity contribution < 1.29 is 4.74 Å². The third kappa shape index (κ3) is 4.61. The molecule has 2 aromatic carbocycles. The number of anilines is 3. The first-order valence-electron chi connectivity index (χ1n) is 8.24. The zero-order valence-corrected chi connectivity index (χ0v) is 15.4. The van der Waals surface area contributed by atoms with E-state index in [1.807, 2.05) is 49.4 Å². The normalized spacial score (nSPS) is 10.4. The van der Waals surface area contributed by atoms with Gasteiger partial charge in [0.1, 0.15) is 5.75 Å². The summed E-state index contributed by atoms with van der Waals surface area (Å²) in [7, 11) is 1.66. The Kier molecular flexibility index (Phi) is 5.86. The van der Waals surface area contributed by atoms with Gasteiger partial charge in [0.05, 0.1) is 13.3 Å². The Morgan fingerprint density at radius 1 is 1.12 bits per heavy atom. The van der Waals surface area contributed by atoms with Gasteiger partial charge in [-0.15, -0.1) is 5.10 Å². The van der Waals surface area contributed by atoms with Gasteiger partial charge in [-0.25, -0.2) is 0 Å². The second-order valence-electron chi connectivity index (χ2n) is 5.73. The van der Waals surface area contributed by atoms with Gasteiger partial charge in [0, 0.05) is 17.3 Å². The second-order valence-corrected chi connectivity index (χ2v) is 6.13. The van der Waals surface area contributed by atoms with Crippen LogP contribution in [0.4, 0.5) is 17.5 Å². The van der Waals surface area contributed by atoms with Crippen molar-refractivity contribution in [2.45, 2.75) is 13.3 Å². The molecule has 26 heavy (non-hydrogen) atoms. The number of hydrogen-bond acceptors (Lipinski definition) is 6. The van der Waals surface area contributed by atoms with Crippen LogP contribution in [-0.4, -0.2) is 28.8 Å². The van der Waals surface area contributed by atoms with Crippen molar-refractivity contribution in [2.75, 3.05) is 24.3 Å². The SMILES string of the molecule is COc1ccc(CCNc2nncc(Nc3cccc(Cl)c3C)n2)cc1. The highest BCUT2D eigenvalue weighted by Gasteiger charge is 2.05. The number of nitrogens with one attached hydrogen (secondary N) is 2. The largest absolute Gasteiger partial charge is 0.497 e. The molecule has 3 aromatic rings. The summed E-state index contributed by atoms with van der Waals surface area (Å²) in [5.74, 6) is 1.94. The van der Waals surface area contributed by atoms with Gasteiger partial charge in [-0.1, -0.05) is 29.8 Å². The van der Waals surface area contributed by atoms with Crippen molar-refractivity contribution in [3.63, 3.8) is 0 Å². The third-order valence-electron chi connectivity index (χ3n) is 3.95. The lowest BCUT2D eigenvalue weighted by Crippen LogP contribution is -2.09. The molecular weight excluding hydrogens is 350 g/mol. The van der Waals surface area contributed by atoms with E-state index in [4.69, 9.17) is 16.3 Å². The van der Waals surface area contributed by atoms with Gasteiger partial charge in [-0.05, 0) is 48.7 Å². The molecule has 3 rings (SSSR count). The van der Waals surface area contributed by atoms with Gasteiger partial charge in [0.25, 0.3) is 0 Å². The Hall–Kier alpha value is -2.86. The minimum absolute atomic E-state index is 0.475. The van der Waals surface area contributed by atoms with E-state index in [0.717, 1.165) is 23.4 Å². The minimum atomic E-state index is 0.475. The van der Waals surface area contributed by atoms with Crippen molar-refractivity contribution in [1.82, 2.24) is 15.2 Å². The van der Waals surface area contributed by atoms with E-state index in [2.05, 4.69) is 25.8 Å². The van der Waals surface area contributed by atoms with Crippen LogP contribution in [0.25, 0.3) is 0 Å². The van der Waals surface area contributed by atoms with Gasteiger partial charge in [0.15, 0.2) is 5.82 Å². The van der Waals surface area contributed by atoms with Crippen molar-refractivity contribution in [2.24, 2.45) is 0 Å². The predicted molar refractivity (Wildman–Crippen MR) is 104 cm³/mol. The standard InChI is InChI=1S/C19H20ClN5O/c1-13-16(20)4-3-5-17(13)23-18-12-22-25-19(24-18)21-11-10-14-6-8-15(26-2)9-7-14/h3-9,12H,10-11H2,1-2H3,(H2,21,23,24,25). The smallest absolute Gasteiger partial charge is 0.244 e. The maximum atomic E-state index is 6.15. The molecule has 0 saturated heterocycles. The van der Waals surface area contributed by atoms with E-state index < -0.39 is 0 Å². The van der Waals surface area contributed by atoms with E-state index >= 15 is 0 Å². The molecule has 1 heterocycles. The average Bonchev–Trinajstić information content (AvgIpc) is 2.66. The van der Waals surface area contributed by atoms with Crippen LogP contribution in [0.3, 0.4) is 0 Å². The first-order valence-corrected chi connectivity index (χ1v) is 8.62. The third-order valence-corrected chi connectivity index (χ3v) is 4.35. The molecule has 6 nitrogen and oxygen atoms in total. The maximum absolute atomic E-state index is 6.15.